The summed E-state index contributed by atoms with van der Waals surface area (Å²) in [4.78, 5) is 9.02. The highest BCUT2D eigenvalue weighted by Gasteiger charge is 2.41. The summed E-state index contributed by atoms with van der Waals surface area (Å²) >= 11 is 25.0. The predicted molar refractivity (Wildman–Crippen MR) is 87.9 cm³/mol. The summed E-state index contributed by atoms with van der Waals surface area (Å²) in [5.41, 5.74) is 0. The molecule has 0 aliphatic rings. The number of thioether (sulfide) groups is 1. The number of alkyl halides is 4. The zero-order valence-electron chi connectivity index (χ0n) is 10.0. The van der Waals surface area contributed by atoms with Crippen LogP contribution < -0.4 is 4.74 Å². The van der Waals surface area contributed by atoms with E-state index in [9.17, 15) is 13.6 Å². The predicted octanol–water partition coefficient (Wildman–Crippen LogP) is 5.43. The normalized spacial score (nSPS) is 11.8. The Bertz CT molecular complexity index is 532. The molecule has 0 spiro atoms. The highest BCUT2D eigenvalue weighted by Crippen LogP contribution is 2.42. The fourth-order valence-electron chi connectivity index (χ4n) is 1.17. The molecule has 1 aromatic carbocycles. The molecule has 21 heavy (non-hydrogen) atoms. The molecule has 0 radical (unpaired) electrons. The third-order valence-electron chi connectivity index (χ3n) is 2.03. The topological polar surface area (TPSA) is 26.3 Å². The first kappa shape index (κ1) is 19.5. The van der Waals surface area contributed by atoms with Crippen molar-refractivity contribution in [2.75, 3.05) is 5.75 Å². The summed E-state index contributed by atoms with van der Waals surface area (Å²) in [5, 5.41) is -0.455. The van der Waals surface area contributed by atoms with Crippen LogP contribution in [-0.2, 0) is 17.4 Å². The molecule has 118 valence electrons. The van der Waals surface area contributed by atoms with Crippen molar-refractivity contribution in [3.8, 4) is 5.75 Å². The van der Waals surface area contributed by atoms with Crippen LogP contribution in [0.5, 0.6) is 5.75 Å². The summed E-state index contributed by atoms with van der Waals surface area (Å²) in [6.07, 6.45) is -3.68. The summed E-state index contributed by atoms with van der Waals surface area (Å²) in [5.74, 6) is 0.0559. The number of hydrogen-bond donors (Lipinski definition) is 0. The number of hydrogen-bond acceptors (Lipinski definition) is 4. The van der Waals surface area contributed by atoms with Crippen molar-refractivity contribution in [2.45, 2.75) is 22.3 Å². The van der Waals surface area contributed by atoms with Gasteiger partial charge in [0.05, 0.1) is 9.92 Å². The van der Waals surface area contributed by atoms with Crippen LogP contribution >= 0.6 is 62.5 Å². The number of carbonyl (C=O) groups excluding carboxylic acids is 1. The average molecular weight is 460 g/mol. The molecule has 0 bridgehead atoms. The SMILES string of the molecule is O=C([S-])CCSc1cc(Br)cc(Cl)c1OC(F)(F)C(Cl)Cl. The first-order chi connectivity index (χ1) is 9.63. The molecular formula is C11H7BrCl3F2O2S2-. The van der Waals surface area contributed by atoms with Crippen molar-refractivity contribution in [1.29, 1.82) is 0 Å². The molecule has 10 heteroatoms. The highest BCUT2D eigenvalue weighted by atomic mass is 79.9. The molecule has 0 unspecified atom stereocenters. The number of carbonyl (C=O) groups is 1. The van der Waals surface area contributed by atoms with E-state index in [0.717, 1.165) is 11.8 Å². The molecule has 0 heterocycles. The molecule has 0 saturated carbocycles. The molecule has 1 aromatic rings. The minimum atomic E-state index is -3.80. The van der Waals surface area contributed by atoms with Gasteiger partial charge in [-0.1, -0.05) is 50.7 Å². The smallest absolute Gasteiger partial charge is 0.428 e. The monoisotopic (exact) mass is 457 g/mol. The maximum atomic E-state index is 13.5. The number of halogens is 6. The lowest BCUT2D eigenvalue weighted by Crippen LogP contribution is -2.32. The van der Waals surface area contributed by atoms with Gasteiger partial charge in [0.15, 0.2) is 5.75 Å². The van der Waals surface area contributed by atoms with Crippen LogP contribution in [-0.4, -0.2) is 21.8 Å². The van der Waals surface area contributed by atoms with Gasteiger partial charge in [-0.15, -0.1) is 11.8 Å². The zero-order chi connectivity index (χ0) is 16.2. The third-order valence-corrected chi connectivity index (χ3v) is 4.50. The molecule has 0 aromatic heterocycles. The molecule has 0 aliphatic carbocycles. The Balaban J connectivity index is 3.03. The van der Waals surface area contributed by atoms with E-state index in [1.807, 2.05) is 0 Å². The Morgan fingerprint density at radius 1 is 1.48 bits per heavy atom. The van der Waals surface area contributed by atoms with Crippen LogP contribution in [0.1, 0.15) is 6.42 Å². The quantitative estimate of drug-likeness (QED) is 0.308. The van der Waals surface area contributed by atoms with Crippen molar-refractivity contribution >= 4 is 80.2 Å². The van der Waals surface area contributed by atoms with E-state index >= 15 is 0 Å². The largest absolute Gasteiger partial charge is 0.742 e. The Kier molecular flexibility index (Phi) is 7.77. The first-order valence-corrected chi connectivity index (χ1v) is 8.74. The molecule has 2 nitrogen and oxygen atoms in total. The van der Waals surface area contributed by atoms with Crippen LogP contribution in [0.4, 0.5) is 8.78 Å². The fourth-order valence-corrected chi connectivity index (χ4v) is 3.54. The molecule has 0 aliphatic heterocycles. The van der Waals surface area contributed by atoms with Gasteiger partial charge >= 0.3 is 6.11 Å². The molecule has 0 amide bonds. The average Bonchev–Trinajstić information content (AvgIpc) is 2.32. The Hall–Kier alpha value is 0.470. The Labute approximate surface area is 153 Å². The standard InChI is InChI=1S/C11H8BrCl3F2O2S2/c12-5-3-6(13)9(19-11(16,17)10(14)15)7(4-5)21-2-1-8(18)20/h3-4,10H,1-2H2,(H,18,20)/p-1. The van der Waals surface area contributed by atoms with E-state index in [2.05, 4.69) is 33.3 Å². The van der Waals surface area contributed by atoms with Crippen LogP contribution in [0.15, 0.2) is 21.5 Å². The van der Waals surface area contributed by atoms with E-state index in [-0.39, 0.29) is 17.2 Å². The second-order valence-electron chi connectivity index (χ2n) is 3.65. The fraction of sp³-hybridized carbons (Fsp3) is 0.364. The van der Waals surface area contributed by atoms with Gasteiger partial charge in [0.2, 0.25) is 4.84 Å². The van der Waals surface area contributed by atoms with Crippen molar-refractivity contribution in [3.63, 3.8) is 0 Å². The molecular weight excluding hydrogens is 453 g/mol. The minimum absolute atomic E-state index is 0.0368. The third kappa shape index (κ3) is 6.23. The van der Waals surface area contributed by atoms with Crippen molar-refractivity contribution in [3.05, 3.63) is 21.6 Å². The van der Waals surface area contributed by atoms with E-state index in [1.54, 1.807) is 0 Å². The lowest BCUT2D eigenvalue weighted by molar-refractivity contribution is -0.164. The van der Waals surface area contributed by atoms with Crippen LogP contribution in [0, 0.1) is 0 Å². The molecule has 0 fully saturated rings. The first-order valence-electron chi connectivity index (χ1n) is 5.30. The van der Waals surface area contributed by atoms with Crippen molar-refractivity contribution in [2.24, 2.45) is 0 Å². The van der Waals surface area contributed by atoms with E-state index in [1.165, 1.54) is 12.1 Å². The molecule has 1 rings (SSSR count). The van der Waals surface area contributed by atoms with Gasteiger partial charge < -0.3 is 22.2 Å². The van der Waals surface area contributed by atoms with Gasteiger partial charge in [-0.25, -0.2) is 0 Å². The summed E-state index contributed by atoms with van der Waals surface area (Å²) in [7, 11) is 0. The van der Waals surface area contributed by atoms with Crippen LogP contribution in [0.3, 0.4) is 0 Å². The van der Waals surface area contributed by atoms with Gasteiger partial charge in [0, 0.05) is 15.3 Å². The minimum Gasteiger partial charge on any atom is -0.742 e. The summed E-state index contributed by atoms with van der Waals surface area (Å²) in [6, 6.07) is 2.93. The van der Waals surface area contributed by atoms with Gasteiger partial charge in [-0.2, -0.15) is 8.78 Å². The van der Waals surface area contributed by atoms with Crippen LogP contribution in [0.2, 0.25) is 5.02 Å². The summed E-state index contributed by atoms with van der Waals surface area (Å²) in [6.45, 7) is 0. The second kappa shape index (κ2) is 8.36. The number of ether oxygens (including phenoxy) is 1. The van der Waals surface area contributed by atoms with Crippen molar-refractivity contribution < 1.29 is 18.3 Å². The Morgan fingerprint density at radius 2 is 2.10 bits per heavy atom. The lowest BCUT2D eigenvalue weighted by atomic mass is 10.3. The van der Waals surface area contributed by atoms with E-state index < -0.39 is 16.1 Å². The summed E-state index contributed by atoms with van der Waals surface area (Å²) < 4.78 is 32.1. The second-order valence-corrected chi connectivity index (χ2v) is 7.66. The zero-order valence-corrected chi connectivity index (χ0v) is 15.5. The number of benzene rings is 1. The maximum absolute atomic E-state index is 13.5. The lowest BCUT2D eigenvalue weighted by Gasteiger charge is -2.21. The van der Waals surface area contributed by atoms with Gasteiger partial charge in [0.25, 0.3) is 0 Å². The van der Waals surface area contributed by atoms with Crippen molar-refractivity contribution in [1.82, 2.24) is 0 Å². The highest BCUT2D eigenvalue weighted by molar-refractivity contribution is 9.10. The molecule has 0 saturated heterocycles. The van der Waals surface area contributed by atoms with E-state index in [0.29, 0.717) is 15.1 Å². The molecule has 0 atom stereocenters. The molecule has 0 N–H and O–H groups in total. The van der Waals surface area contributed by atoms with Crippen LogP contribution in [0.25, 0.3) is 0 Å². The number of rotatable bonds is 7. The Morgan fingerprint density at radius 3 is 2.62 bits per heavy atom. The van der Waals surface area contributed by atoms with E-state index in [4.69, 9.17) is 34.8 Å². The van der Waals surface area contributed by atoms with Gasteiger partial charge in [-0.05, 0) is 18.6 Å². The van der Waals surface area contributed by atoms with Gasteiger partial charge in [-0.3, -0.25) is 0 Å². The van der Waals surface area contributed by atoms with Gasteiger partial charge in [0.1, 0.15) is 0 Å². The maximum Gasteiger partial charge on any atom is 0.428 e.